The van der Waals surface area contributed by atoms with Crippen LogP contribution in [0.5, 0.6) is 0 Å². The molecular formula is C16H20F2N2. The van der Waals surface area contributed by atoms with Crippen molar-refractivity contribution in [1.29, 1.82) is 0 Å². The SMILES string of the molecule is CCCCc1ccc2nc(C(F)F)cc(NCC)c2c1. The van der Waals surface area contributed by atoms with E-state index in [9.17, 15) is 8.78 Å². The fraction of sp³-hybridized carbons (Fsp3) is 0.438. The number of nitrogens with one attached hydrogen (secondary N) is 1. The minimum Gasteiger partial charge on any atom is -0.385 e. The maximum Gasteiger partial charge on any atom is 0.280 e. The van der Waals surface area contributed by atoms with E-state index in [-0.39, 0.29) is 5.69 Å². The number of fused-ring (bicyclic) bond motifs is 1. The summed E-state index contributed by atoms with van der Waals surface area (Å²) in [5.74, 6) is 0. The van der Waals surface area contributed by atoms with Gasteiger partial charge in [-0.1, -0.05) is 19.4 Å². The van der Waals surface area contributed by atoms with Crippen LogP contribution >= 0.6 is 0 Å². The summed E-state index contributed by atoms with van der Waals surface area (Å²) in [4.78, 5) is 4.05. The number of pyridine rings is 1. The molecule has 1 aromatic heterocycles. The van der Waals surface area contributed by atoms with Gasteiger partial charge in [-0.3, -0.25) is 0 Å². The van der Waals surface area contributed by atoms with Gasteiger partial charge in [0.05, 0.1) is 5.52 Å². The van der Waals surface area contributed by atoms with Gasteiger partial charge in [0, 0.05) is 17.6 Å². The van der Waals surface area contributed by atoms with Crippen LogP contribution in [0.15, 0.2) is 24.3 Å². The Morgan fingerprint density at radius 3 is 2.65 bits per heavy atom. The summed E-state index contributed by atoms with van der Waals surface area (Å²) in [5, 5.41) is 4.08. The quantitative estimate of drug-likeness (QED) is 0.809. The molecule has 0 unspecified atom stereocenters. The number of aryl methyl sites for hydroxylation is 1. The highest BCUT2D eigenvalue weighted by Gasteiger charge is 2.13. The Morgan fingerprint density at radius 1 is 1.20 bits per heavy atom. The van der Waals surface area contributed by atoms with Gasteiger partial charge < -0.3 is 5.32 Å². The van der Waals surface area contributed by atoms with Crippen LogP contribution in [0.25, 0.3) is 10.9 Å². The van der Waals surface area contributed by atoms with Crippen LogP contribution in [0.2, 0.25) is 0 Å². The van der Waals surface area contributed by atoms with Crippen molar-refractivity contribution >= 4 is 16.6 Å². The molecule has 1 aromatic carbocycles. The third kappa shape index (κ3) is 3.24. The highest BCUT2D eigenvalue weighted by atomic mass is 19.3. The second-order valence-corrected chi connectivity index (χ2v) is 4.88. The summed E-state index contributed by atoms with van der Waals surface area (Å²) in [6, 6.07) is 7.34. The zero-order valence-electron chi connectivity index (χ0n) is 11.9. The molecule has 20 heavy (non-hydrogen) atoms. The molecule has 0 fully saturated rings. The summed E-state index contributed by atoms with van der Waals surface area (Å²) in [6.07, 6.45) is 0.733. The maximum absolute atomic E-state index is 12.9. The molecule has 2 rings (SSSR count). The van der Waals surface area contributed by atoms with Crippen molar-refractivity contribution in [2.45, 2.75) is 39.5 Å². The number of hydrogen-bond acceptors (Lipinski definition) is 2. The topological polar surface area (TPSA) is 24.9 Å². The Kier molecular flexibility index (Phi) is 4.88. The summed E-state index contributed by atoms with van der Waals surface area (Å²) in [6.45, 7) is 4.80. The lowest BCUT2D eigenvalue weighted by atomic mass is 10.0. The van der Waals surface area contributed by atoms with Gasteiger partial charge in [-0.15, -0.1) is 0 Å². The molecule has 4 heteroatoms. The summed E-state index contributed by atoms with van der Waals surface area (Å²) < 4.78 is 25.7. The minimum atomic E-state index is -2.54. The molecule has 0 aliphatic rings. The molecule has 0 atom stereocenters. The fourth-order valence-electron chi connectivity index (χ4n) is 2.28. The van der Waals surface area contributed by atoms with Crippen molar-refractivity contribution < 1.29 is 8.78 Å². The number of aromatic nitrogens is 1. The molecular weight excluding hydrogens is 258 g/mol. The second-order valence-electron chi connectivity index (χ2n) is 4.88. The van der Waals surface area contributed by atoms with Gasteiger partial charge in [0.2, 0.25) is 0 Å². The van der Waals surface area contributed by atoms with E-state index in [0.29, 0.717) is 12.1 Å². The number of rotatable bonds is 6. The number of nitrogens with zero attached hydrogens (tertiary/aromatic N) is 1. The van der Waals surface area contributed by atoms with E-state index < -0.39 is 6.43 Å². The first-order valence-electron chi connectivity index (χ1n) is 7.11. The second kappa shape index (κ2) is 6.64. The predicted octanol–water partition coefficient (Wildman–Crippen LogP) is 4.95. The smallest absolute Gasteiger partial charge is 0.280 e. The van der Waals surface area contributed by atoms with Crippen molar-refractivity contribution in [1.82, 2.24) is 4.98 Å². The highest BCUT2D eigenvalue weighted by Crippen LogP contribution is 2.28. The average molecular weight is 278 g/mol. The normalized spacial score (nSPS) is 11.2. The van der Waals surface area contributed by atoms with Gasteiger partial charge in [0.15, 0.2) is 0 Å². The lowest BCUT2D eigenvalue weighted by Gasteiger charge is -2.11. The fourth-order valence-corrected chi connectivity index (χ4v) is 2.28. The molecule has 0 bridgehead atoms. The number of hydrogen-bond donors (Lipinski definition) is 1. The van der Waals surface area contributed by atoms with E-state index in [0.717, 1.165) is 30.3 Å². The highest BCUT2D eigenvalue weighted by molar-refractivity contribution is 5.92. The Labute approximate surface area is 118 Å². The Balaban J connectivity index is 2.49. The van der Waals surface area contributed by atoms with Gasteiger partial charge >= 0.3 is 0 Å². The summed E-state index contributed by atoms with van der Waals surface area (Å²) in [5.41, 5.74) is 2.42. The molecule has 2 nitrogen and oxygen atoms in total. The van der Waals surface area contributed by atoms with Crippen molar-refractivity contribution in [2.24, 2.45) is 0 Å². The molecule has 2 aromatic rings. The van der Waals surface area contributed by atoms with Crippen molar-refractivity contribution in [3.63, 3.8) is 0 Å². The minimum absolute atomic E-state index is 0.172. The van der Waals surface area contributed by atoms with Gasteiger partial charge in [-0.05, 0) is 43.5 Å². The summed E-state index contributed by atoms with van der Waals surface area (Å²) >= 11 is 0. The molecule has 0 aliphatic carbocycles. The molecule has 0 saturated carbocycles. The first-order chi connectivity index (χ1) is 9.65. The van der Waals surface area contributed by atoms with Crippen LogP contribution in [0.3, 0.4) is 0 Å². The zero-order chi connectivity index (χ0) is 14.5. The molecule has 1 N–H and O–H groups in total. The molecule has 0 amide bonds. The predicted molar refractivity (Wildman–Crippen MR) is 79.5 cm³/mol. The first-order valence-corrected chi connectivity index (χ1v) is 7.11. The number of unbranched alkanes of at least 4 members (excludes halogenated alkanes) is 1. The van der Waals surface area contributed by atoms with Crippen molar-refractivity contribution in [3.05, 3.63) is 35.5 Å². The average Bonchev–Trinajstić information content (AvgIpc) is 2.45. The van der Waals surface area contributed by atoms with Crippen LogP contribution < -0.4 is 5.32 Å². The lowest BCUT2D eigenvalue weighted by Crippen LogP contribution is -2.01. The number of halogens is 2. The Hall–Kier alpha value is -1.71. The Morgan fingerprint density at radius 2 is 2.00 bits per heavy atom. The Bertz CT molecular complexity index is 582. The monoisotopic (exact) mass is 278 g/mol. The van der Waals surface area contributed by atoms with Crippen LogP contribution in [0, 0.1) is 0 Å². The molecule has 1 heterocycles. The molecule has 0 radical (unpaired) electrons. The molecule has 0 spiro atoms. The number of alkyl halides is 2. The molecule has 0 aliphatic heterocycles. The first kappa shape index (κ1) is 14.7. The number of anilines is 1. The third-order valence-electron chi connectivity index (χ3n) is 3.30. The van der Waals surface area contributed by atoms with Gasteiger partial charge in [-0.25, -0.2) is 13.8 Å². The van der Waals surface area contributed by atoms with Gasteiger partial charge in [0.1, 0.15) is 5.69 Å². The van der Waals surface area contributed by atoms with Crippen LogP contribution in [-0.4, -0.2) is 11.5 Å². The van der Waals surface area contributed by atoms with Gasteiger partial charge in [-0.2, -0.15) is 0 Å². The largest absolute Gasteiger partial charge is 0.385 e. The van der Waals surface area contributed by atoms with Crippen LogP contribution in [0.4, 0.5) is 14.5 Å². The van der Waals surface area contributed by atoms with E-state index in [1.165, 1.54) is 11.6 Å². The van der Waals surface area contributed by atoms with E-state index in [2.05, 4.69) is 23.3 Å². The zero-order valence-corrected chi connectivity index (χ0v) is 11.9. The van der Waals surface area contributed by atoms with E-state index in [4.69, 9.17) is 0 Å². The third-order valence-corrected chi connectivity index (χ3v) is 3.30. The van der Waals surface area contributed by atoms with Crippen molar-refractivity contribution in [2.75, 3.05) is 11.9 Å². The number of benzene rings is 1. The standard InChI is InChI=1S/C16H20F2N2/c1-3-5-6-11-7-8-13-12(9-11)14(19-4-2)10-15(20-13)16(17)18/h7-10,16H,3-6H2,1-2H3,(H,19,20). The van der Waals surface area contributed by atoms with Gasteiger partial charge in [0.25, 0.3) is 6.43 Å². The van der Waals surface area contributed by atoms with E-state index in [1.807, 2.05) is 19.1 Å². The summed E-state index contributed by atoms with van der Waals surface area (Å²) in [7, 11) is 0. The maximum atomic E-state index is 12.9. The van der Waals surface area contributed by atoms with Crippen molar-refractivity contribution in [3.8, 4) is 0 Å². The molecule has 108 valence electrons. The van der Waals surface area contributed by atoms with E-state index in [1.54, 1.807) is 0 Å². The van der Waals surface area contributed by atoms with Crippen LogP contribution in [0.1, 0.15) is 44.4 Å². The van der Waals surface area contributed by atoms with E-state index >= 15 is 0 Å². The molecule has 0 saturated heterocycles. The lowest BCUT2D eigenvalue weighted by molar-refractivity contribution is 0.146. The van der Waals surface area contributed by atoms with Crippen LogP contribution in [-0.2, 0) is 6.42 Å².